The summed E-state index contributed by atoms with van der Waals surface area (Å²) in [6.07, 6.45) is 1.59. The van der Waals surface area contributed by atoms with Crippen LogP contribution in [-0.4, -0.2) is 6.10 Å². The first-order chi connectivity index (χ1) is 6.18. The lowest BCUT2D eigenvalue weighted by Gasteiger charge is -2.23. The van der Waals surface area contributed by atoms with Crippen molar-refractivity contribution in [3.63, 3.8) is 0 Å². The lowest BCUT2D eigenvalue weighted by Crippen LogP contribution is -2.20. The molecule has 0 fully saturated rings. The Hall–Kier alpha value is -1.12. The van der Waals surface area contributed by atoms with E-state index >= 15 is 0 Å². The van der Waals surface area contributed by atoms with Gasteiger partial charge in [0.1, 0.15) is 0 Å². The Balaban J connectivity index is 2.48. The Bertz CT molecular complexity index is 336. The van der Waals surface area contributed by atoms with Crippen LogP contribution in [0.25, 0.3) is 0 Å². The SMILES string of the molecule is CC1CCc2ccc(F)c(F)c2O1. The molecule has 0 aliphatic carbocycles. The van der Waals surface area contributed by atoms with Crippen LogP contribution in [0.15, 0.2) is 12.1 Å². The van der Waals surface area contributed by atoms with Crippen LogP contribution in [0, 0.1) is 11.6 Å². The molecule has 70 valence electrons. The van der Waals surface area contributed by atoms with E-state index in [0.717, 1.165) is 24.5 Å². The van der Waals surface area contributed by atoms with E-state index in [2.05, 4.69) is 0 Å². The van der Waals surface area contributed by atoms with Gasteiger partial charge in [0.2, 0.25) is 5.82 Å². The van der Waals surface area contributed by atoms with Gasteiger partial charge in [-0.1, -0.05) is 6.07 Å². The fourth-order valence-corrected chi connectivity index (χ4v) is 1.52. The molecule has 1 unspecified atom stereocenters. The maximum absolute atomic E-state index is 13.2. The number of aryl methyl sites for hydroxylation is 1. The molecule has 1 aromatic rings. The third-order valence-corrected chi connectivity index (χ3v) is 2.27. The Morgan fingerprint density at radius 2 is 2.15 bits per heavy atom. The molecule has 1 aliphatic rings. The van der Waals surface area contributed by atoms with Gasteiger partial charge in [-0.05, 0) is 31.4 Å². The topological polar surface area (TPSA) is 9.23 Å². The van der Waals surface area contributed by atoms with Crippen molar-refractivity contribution >= 4 is 0 Å². The van der Waals surface area contributed by atoms with E-state index < -0.39 is 11.6 Å². The summed E-state index contributed by atoms with van der Waals surface area (Å²) in [6, 6.07) is 2.73. The van der Waals surface area contributed by atoms with Crippen LogP contribution in [0.1, 0.15) is 18.9 Å². The second kappa shape index (κ2) is 2.98. The molecular weight excluding hydrogens is 174 g/mol. The Kier molecular flexibility index (Phi) is 1.94. The highest BCUT2D eigenvalue weighted by Gasteiger charge is 2.21. The molecule has 0 saturated carbocycles. The maximum Gasteiger partial charge on any atom is 0.200 e. The van der Waals surface area contributed by atoms with Gasteiger partial charge in [-0.25, -0.2) is 4.39 Å². The normalized spacial score (nSPS) is 20.7. The van der Waals surface area contributed by atoms with Crippen molar-refractivity contribution in [1.82, 2.24) is 0 Å². The highest BCUT2D eigenvalue weighted by atomic mass is 19.2. The summed E-state index contributed by atoms with van der Waals surface area (Å²) < 4.78 is 31.2. The van der Waals surface area contributed by atoms with Crippen LogP contribution in [0.4, 0.5) is 8.78 Å². The minimum Gasteiger partial charge on any atom is -0.487 e. The lowest BCUT2D eigenvalue weighted by molar-refractivity contribution is 0.180. The first-order valence-electron chi connectivity index (χ1n) is 4.32. The Morgan fingerprint density at radius 3 is 2.92 bits per heavy atom. The van der Waals surface area contributed by atoms with Crippen LogP contribution >= 0.6 is 0 Å². The summed E-state index contributed by atoms with van der Waals surface area (Å²) in [7, 11) is 0. The molecule has 2 rings (SSSR count). The highest BCUT2D eigenvalue weighted by Crippen LogP contribution is 2.31. The minimum absolute atomic E-state index is 0.0243. The molecule has 0 amide bonds. The second-order valence-corrected chi connectivity index (χ2v) is 3.32. The van der Waals surface area contributed by atoms with Crippen LogP contribution in [-0.2, 0) is 6.42 Å². The van der Waals surface area contributed by atoms with Gasteiger partial charge in [-0.3, -0.25) is 0 Å². The van der Waals surface area contributed by atoms with Crippen molar-refractivity contribution in [1.29, 1.82) is 0 Å². The van der Waals surface area contributed by atoms with Crippen LogP contribution < -0.4 is 4.74 Å². The number of rotatable bonds is 0. The van der Waals surface area contributed by atoms with Crippen molar-refractivity contribution in [3.05, 3.63) is 29.3 Å². The van der Waals surface area contributed by atoms with E-state index in [1.807, 2.05) is 6.92 Å². The van der Waals surface area contributed by atoms with Crippen LogP contribution in [0.2, 0.25) is 0 Å². The monoisotopic (exact) mass is 184 g/mol. The van der Waals surface area contributed by atoms with Crippen molar-refractivity contribution in [2.75, 3.05) is 0 Å². The minimum atomic E-state index is -0.857. The summed E-state index contributed by atoms with van der Waals surface area (Å²) in [4.78, 5) is 0. The Labute approximate surface area is 75.3 Å². The summed E-state index contributed by atoms with van der Waals surface area (Å²) in [5.41, 5.74) is 0.761. The molecule has 1 heterocycles. The first-order valence-corrected chi connectivity index (χ1v) is 4.32. The van der Waals surface area contributed by atoms with Crippen molar-refractivity contribution in [3.8, 4) is 5.75 Å². The number of fused-ring (bicyclic) bond motifs is 1. The molecule has 13 heavy (non-hydrogen) atoms. The summed E-state index contributed by atoms with van der Waals surface area (Å²) in [5, 5.41) is 0. The summed E-state index contributed by atoms with van der Waals surface area (Å²) in [5.74, 6) is -1.60. The van der Waals surface area contributed by atoms with Gasteiger partial charge >= 0.3 is 0 Å². The summed E-state index contributed by atoms with van der Waals surface area (Å²) >= 11 is 0. The molecule has 1 nitrogen and oxygen atoms in total. The third-order valence-electron chi connectivity index (χ3n) is 2.27. The predicted octanol–water partition coefficient (Wildman–Crippen LogP) is 2.68. The fraction of sp³-hybridized carbons (Fsp3) is 0.400. The van der Waals surface area contributed by atoms with Gasteiger partial charge in [-0.15, -0.1) is 0 Å². The van der Waals surface area contributed by atoms with Crippen molar-refractivity contribution < 1.29 is 13.5 Å². The average Bonchev–Trinajstić information content (AvgIpc) is 2.12. The number of hydrogen-bond acceptors (Lipinski definition) is 1. The molecule has 3 heteroatoms. The quantitative estimate of drug-likeness (QED) is 0.602. The molecule has 1 atom stereocenters. The predicted molar refractivity (Wildman–Crippen MR) is 44.8 cm³/mol. The molecule has 1 aromatic carbocycles. The number of ether oxygens (including phenoxy) is 1. The molecule has 0 saturated heterocycles. The van der Waals surface area contributed by atoms with Gasteiger partial charge < -0.3 is 4.74 Å². The molecule has 0 radical (unpaired) electrons. The van der Waals surface area contributed by atoms with Gasteiger partial charge in [-0.2, -0.15) is 4.39 Å². The van der Waals surface area contributed by atoms with Crippen molar-refractivity contribution in [2.45, 2.75) is 25.9 Å². The number of hydrogen-bond donors (Lipinski definition) is 0. The largest absolute Gasteiger partial charge is 0.487 e. The zero-order valence-electron chi connectivity index (χ0n) is 7.31. The molecule has 0 spiro atoms. The zero-order chi connectivity index (χ0) is 9.42. The zero-order valence-corrected chi connectivity index (χ0v) is 7.31. The first kappa shape index (κ1) is 8.48. The van der Waals surface area contributed by atoms with Crippen LogP contribution in [0.5, 0.6) is 5.75 Å². The van der Waals surface area contributed by atoms with E-state index in [0.29, 0.717) is 0 Å². The average molecular weight is 184 g/mol. The van der Waals surface area contributed by atoms with E-state index in [4.69, 9.17) is 4.74 Å². The molecule has 0 aromatic heterocycles. The van der Waals surface area contributed by atoms with E-state index in [1.54, 1.807) is 6.07 Å². The van der Waals surface area contributed by atoms with Crippen molar-refractivity contribution in [2.24, 2.45) is 0 Å². The van der Waals surface area contributed by atoms with Crippen LogP contribution in [0.3, 0.4) is 0 Å². The fourth-order valence-electron chi connectivity index (χ4n) is 1.52. The Morgan fingerprint density at radius 1 is 1.38 bits per heavy atom. The lowest BCUT2D eigenvalue weighted by atomic mass is 10.0. The molecule has 0 bridgehead atoms. The molecular formula is C10H10F2O. The van der Waals surface area contributed by atoms with Gasteiger partial charge in [0.25, 0.3) is 0 Å². The van der Waals surface area contributed by atoms with E-state index in [-0.39, 0.29) is 11.9 Å². The standard InChI is InChI=1S/C10H10F2O/c1-6-2-3-7-4-5-8(11)9(12)10(7)13-6/h4-6H,2-3H2,1H3. The maximum atomic E-state index is 13.2. The number of benzene rings is 1. The van der Waals surface area contributed by atoms with Gasteiger partial charge in [0.15, 0.2) is 11.6 Å². The summed E-state index contributed by atoms with van der Waals surface area (Å²) in [6.45, 7) is 1.85. The van der Waals surface area contributed by atoms with Gasteiger partial charge in [0.05, 0.1) is 6.10 Å². The highest BCUT2D eigenvalue weighted by molar-refractivity contribution is 5.37. The number of halogens is 2. The second-order valence-electron chi connectivity index (χ2n) is 3.32. The van der Waals surface area contributed by atoms with E-state index in [9.17, 15) is 8.78 Å². The smallest absolute Gasteiger partial charge is 0.200 e. The molecule has 1 aliphatic heterocycles. The third kappa shape index (κ3) is 1.39. The molecule has 0 N–H and O–H groups in total. The van der Waals surface area contributed by atoms with Gasteiger partial charge in [0, 0.05) is 0 Å². The van der Waals surface area contributed by atoms with E-state index in [1.165, 1.54) is 0 Å².